The zero-order valence-corrected chi connectivity index (χ0v) is 16.5. The van der Waals surface area contributed by atoms with Crippen LogP contribution in [-0.2, 0) is 26.2 Å². The monoisotopic (exact) mass is 376 g/mol. The summed E-state index contributed by atoms with van der Waals surface area (Å²) in [6, 6.07) is 14.1. The zero-order chi connectivity index (χ0) is 20.3. The van der Waals surface area contributed by atoms with E-state index in [4.69, 9.17) is 9.47 Å². The van der Waals surface area contributed by atoms with E-state index in [-0.39, 0.29) is 18.5 Å². The van der Waals surface area contributed by atoms with E-state index in [2.05, 4.69) is 25.6 Å². The van der Waals surface area contributed by atoms with Crippen LogP contribution in [0, 0.1) is 0 Å². The van der Waals surface area contributed by atoms with Gasteiger partial charge in [-0.25, -0.2) is 0 Å². The molecule has 0 aromatic heterocycles. The maximum Gasteiger partial charge on any atom is 0.308 e. The van der Waals surface area contributed by atoms with Crippen molar-refractivity contribution in [3.8, 4) is 5.75 Å². The van der Waals surface area contributed by atoms with Crippen LogP contribution in [0.2, 0.25) is 0 Å². The lowest BCUT2D eigenvalue weighted by molar-refractivity contribution is -0.139. The van der Waals surface area contributed by atoms with Gasteiger partial charge in [-0.2, -0.15) is 0 Å². The van der Waals surface area contributed by atoms with Gasteiger partial charge in [0.05, 0.1) is 0 Å². The van der Waals surface area contributed by atoms with E-state index in [1.807, 2.05) is 36.4 Å². The summed E-state index contributed by atoms with van der Waals surface area (Å²) in [4.78, 5) is 22.4. The van der Waals surface area contributed by atoms with Gasteiger partial charge in [0.1, 0.15) is 12.4 Å². The molecule has 2 aromatic carbocycles. The van der Waals surface area contributed by atoms with Gasteiger partial charge in [-0.1, -0.05) is 43.0 Å². The highest BCUT2D eigenvalue weighted by Gasteiger charge is 2.38. The smallest absolute Gasteiger partial charge is 0.308 e. The van der Waals surface area contributed by atoms with Crippen molar-refractivity contribution >= 4 is 11.9 Å². The van der Waals surface area contributed by atoms with E-state index < -0.39 is 5.41 Å². The Hall–Kier alpha value is -3.14. The highest BCUT2D eigenvalue weighted by Crippen LogP contribution is 2.47. The number of benzene rings is 2. The second kappa shape index (κ2) is 7.85. The Morgan fingerprint density at radius 3 is 2.50 bits per heavy atom. The van der Waals surface area contributed by atoms with Gasteiger partial charge in [-0.05, 0) is 59.4 Å². The molecule has 4 nitrogen and oxygen atoms in total. The first-order valence-corrected chi connectivity index (χ1v) is 9.22. The fourth-order valence-corrected chi connectivity index (χ4v) is 3.79. The van der Waals surface area contributed by atoms with Gasteiger partial charge in [0.2, 0.25) is 0 Å². The van der Waals surface area contributed by atoms with Crippen molar-refractivity contribution in [3.05, 3.63) is 89.0 Å². The van der Waals surface area contributed by atoms with E-state index in [1.165, 1.54) is 30.5 Å². The molecule has 0 heterocycles. The normalized spacial score (nSPS) is 17.5. The summed E-state index contributed by atoms with van der Waals surface area (Å²) in [6.45, 7) is 9.42. The molecule has 1 aliphatic rings. The number of hydrogen-bond donors (Lipinski definition) is 0. The Labute approximate surface area is 165 Å². The second-order valence-corrected chi connectivity index (χ2v) is 7.10. The standard InChI is InChI=1S/C24H24O4/c1-16(8-7-13-27-17(2)25)24(4)22-10-6-5-9-19(22)14-20-11-12-21(15-23(20)24)28-18(3)26/h5-12,15H,1,13-14H2,2-4H3/b8-7-. The molecule has 0 aliphatic heterocycles. The highest BCUT2D eigenvalue weighted by molar-refractivity contribution is 5.70. The molecule has 2 aromatic rings. The number of hydrogen-bond acceptors (Lipinski definition) is 4. The highest BCUT2D eigenvalue weighted by atomic mass is 16.5. The molecule has 1 unspecified atom stereocenters. The summed E-state index contributed by atoms with van der Waals surface area (Å²) in [5.74, 6) is -0.146. The molecule has 3 rings (SSSR count). The van der Waals surface area contributed by atoms with E-state index in [9.17, 15) is 9.59 Å². The van der Waals surface area contributed by atoms with Crippen molar-refractivity contribution in [2.75, 3.05) is 6.61 Å². The molecule has 0 radical (unpaired) electrons. The van der Waals surface area contributed by atoms with Crippen LogP contribution in [0.15, 0.2) is 66.8 Å². The zero-order valence-electron chi connectivity index (χ0n) is 16.5. The Bertz CT molecular complexity index is 970. The molecular formula is C24H24O4. The Morgan fingerprint density at radius 2 is 1.79 bits per heavy atom. The van der Waals surface area contributed by atoms with Gasteiger partial charge < -0.3 is 9.47 Å². The summed E-state index contributed by atoms with van der Waals surface area (Å²) >= 11 is 0. The molecule has 0 spiro atoms. The van der Waals surface area contributed by atoms with Crippen molar-refractivity contribution in [2.45, 2.75) is 32.6 Å². The van der Waals surface area contributed by atoms with Crippen LogP contribution >= 0.6 is 0 Å². The summed E-state index contributed by atoms with van der Waals surface area (Å²) < 4.78 is 10.3. The van der Waals surface area contributed by atoms with Crippen LogP contribution in [-0.4, -0.2) is 18.5 Å². The Kier molecular flexibility index (Phi) is 5.50. The molecule has 0 bridgehead atoms. The summed E-state index contributed by atoms with van der Waals surface area (Å²) in [6.07, 6.45) is 4.50. The average Bonchev–Trinajstić information content (AvgIpc) is 2.65. The molecule has 4 heteroatoms. The first-order chi connectivity index (χ1) is 13.3. The topological polar surface area (TPSA) is 52.6 Å². The van der Waals surface area contributed by atoms with Crippen molar-refractivity contribution in [3.63, 3.8) is 0 Å². The molecular weight excluding hydrogens is 352 g/mol. The van der Waals surface area contributed by atoms with Gasteiger partial charge >= 0.3 is 11.9 Å². The van der Waals surface area contributed by atoms with Crippen LogP contribution in [0.5, 0.6) is 5.75 Å². The molecule has 0 fully saturated rings. The van der Waals surface area contributed by atoms with Crippen molar-refractivity contribution in [2.24, 2.45) is 0 Å². The first-order valence-electron chi connectivity index (χ1n) is 9.22. The quantitative estimate of drug-likeness (QED) is 0.438. The van der Waals surface area contributed by atoms with Gasteiger partial charge in [0.25, 0.3) is 0 Å². The van der Waals surface area contributed by atoms with Crippen LogP contribution in [0.3, 0.4) is 0 Å². The van der Waals surface area contributed by atoms with Crippen molar-refractivity contribution in [1.29, 1.82) is 0 Å². The van der Waals surface area contributed by atoms with Gasteiger partial charge in [-0.3, -0.25) is 9.59 Å². The third kappa shape index (κ3) is 3.77. The summed E-state index contributed by atoms with van der Waals surface area (Å²) in [5.41, 5.74) is 5.02. The number of allylic oxidation sites excluding steroid dienone is 2. The Morgan fingerprint density at radius 1 is 1.07 bits per heavy atom. The number of rotatable bonds is 5. The fraction of sp³-hybridized carbons (Fsp3) is 0.250. The molecule has 0 N–H and O–H groups in total. The Balaban J connectivity index is 2.06. The number of carbonyl (C=O) groups is 2. The predicted octanol–water partition coefficient (Wildman–Crippen LogP) is 4.50. The van der Waals surface area contributed by atoms with Crippen LogP contribution in [0.25, 0.3) is 0 Å². The minimum absolute atomic E-state index is 0.201. The number of carbonyl (C=O) groups excluding carboxylic acids is 2. The lowest BCUT2D eigenvalue weighted by atomic mass is 9.64. The SMILES string of the molecule is C=C(/C=C\COC(C)=O)C1(C)c2ccccc2Cc2ccc(OC(C)=O)cc21. The van der Waals surface area contributed by atoms with E-state index >= 15 is 0 Å². The minimum atomic E-state index is -0.493. The molecule has 0 amide bonds. The number of fused-ring (bicyclic) bond motifs is 2. The van der Waals surface area contributed by atoms with Crippen LogP contribution in [0.4, 0.5) is 0 Å². The maximum absolute atomic E-state index is 11.4. The molecule has 0 saturated carbocycles. The van der Waals surface area contributed by atoms with E-state index in [0.29, 0.717) is 5.75 Å². The van der Waals surface area contributed by atoms with Gasteiger partial charge in [0, 0.05) is 19.3 Å². The maximum atomic E-state index is 11.4. The van der Waals surface area contributed by atoms with Gasteiger partial charge in [0.15, 0.2) is 0 Å². The third-order valence-corrected chi connectivity index (χ3v) is 5.16. The molecule has 0 saturated heterocycles. The number of ether oxygens (including phenoxy) is 2. The fourth-order valence-electron chi connectivity index (χ4n) is 3.79. The summed E-state index contributed by atoms with van der Waals surface area (Å²) in [5, 5.41) is 0. The summed E-state index contributed by atoms with van der Waals surface area (Å²) in [7, 11) is 0. The van der Waals surface area contributed by atoms with E-state index in [0.717, 1.165) is 17.6 Å². The molecule has 28 heavy (non-hydrogen) atoms. The first kappa shape index (κ1) is 19.6. The average molecular weight is 376 g/mol. The molecule has 1 aliphatic carbocycles. The lowest BCUT2D eigenvalue weighted by Crippen LogP contribution is -2.31. The molecule has 1 atom stereocenters. The minimum Gasteiger partial charge on any atom is -0.462 e. The second-order valence-electron chi connectivity index (χ2n) is 7.10. The molecule has 144 valence electrons. The van der Waals surface area contributed by atoms with E-state index in [1.54, 1.807) is 6.08 Å². The predicted molar refractivity (Wildman–Crippen MR) is 108 cm³/mol. The van der Waals surface area contributed by atoms with Crippen molar-refractivity contribution < 1.29 is 19.1 Å². The largest absolute Gasteiger partial charge is 0.462 e. The van der Waals surface area contributed by atoms with Gasteiger partial charge in [-0.15, -0.1) is 0 Å². The van der Waals surface area contributed by atoms with Crippen molar-refractivity contribution in [1.82, 2.24) is 0 Å². The number of esters is 2. The lowest BCUT2D eigenvalue weighted by Gasteiger charge is -2.39. The van der Waals surface area contributed by atoms with Crippen LogP contribution in [0.1, 0.15) is 43.0 Å². The third-order valence-electron chi connectivity index (χ3n) is 5.16. The van der Waals surface area contributed by atoms with Crippen LogP contribution < -0.4 is 4.74 Å².